The minimum absolute atomic E-state index is 0.0425. The molecule has 3 aromatic heterocycles. The summed E-state index contributed by atoms with van der Waals surface area (Å²) in [6, 6.07) is 5.04. The van der Waals surface area contributed by atoms with Gasteiger partial charge in [-0.25, -0.2) is 18.4 Å². The zero-order chi connectivity index (χ0) is 24.5. The molecule has 0 bridgehead atoms. The van der Waals surface area contributed by atoms with E-state index in [4.69, 9.17) is 5.73 Å². The van der Waals surface area contributed by atoms with E-state index in [0.717, 1.165) is 5.56 Å². The number of aryl methyl sites for hydroxylation is 1. The molecule has 180 valence electrons. The molecule has 0 aliphatic carbocycles. The van der Waals surface area contributed by atoms with Crippen LogP contribution < -0.4 is 16.6 Å². The number of rotatable bonds is 6. The van der Waals surface area contributed by atoms with Crippen molar-refractivity contribution in [2.45, 2.75) is 26.4 Å². The highest BCUT2D eigenvalue weighted by Gasteiger charge is 2.28. The molecule has 1 fully saturated rings. The van der Waals surface area contributed by atoms with Crippen molar-refractivity contribution >= 4 is 27.5 Å². The number of aromatic nitrogens is 5. The van der Waals surface area contributed by atoms with Crippen LogP contribution in [0.15, 0.2) is 35.4 Å². The number of H-pyrrole nitrogens is 1. The average molecular weight is 486 g/mol. The van der Waals surface area contributed by atoms with E-state index in [1.54, 1.807) is 25.4 Å². The molecule has 13 heteroatoms. The highest BCUT2D eigenvalue weighted by Crippen LogP contribution is 2.28. The van der Waals surface area contributed by atoms with E-state index in [1.807, 2.05) is 13.0 Å². The first-order chi connectivity index (χ1) is 16.1. The van der Waals surface area contributed by atoms with Gasteiger partial charge in [0.1, 0.15) is 11.6 Å². The average Bonchev–Trinajstić information content (AvgIpc) is 2.76. The summed E-state index contributed by atoms with van der Waals surface area (Å²) in [7, 11) is -3.21. The molecule has 0 aromatic carbocycles. The summed E-state index contributed by atoms with van der Waals surface area (Å²) in [6.07, 6.45) is 4.55. The second-order valence-electron chi connectivity index (χ2n) is 8.31. The number of nitrogen functional groups attached to an aromatic ring is 1. The number of aromatic amines is 1. The Labute approximate surface area is 197 Å². The molecule has 4 N–H and O–H groups in total. The van der Waals surface area contributed by atoms with Crippen LogP contribution in [0.2, 0.25) is 0 Å². The van der Waals surface area contributed by atoms with Crippen LogP contribution in [0.4, 0.5) is 17.5 Å². The van der Waals surface area contributed by atoms with Gasteiger partial charge >= 0.3 is 0 Å². The summed E-state index contributed by atoms with van der Waals surface area (Å²) in [4.78, 5) is 33.6. The number of piperazine rings is 1. The van der Waals surface area contributed by atoms with Crippen molar-refractivity contribution in [2.75, 3.05) is 36.9 Å². The molecule has 1 saturated heterocycles. The zero-order valence-corrected chi connectivity index (χ0v) is 20.0. The highest BCUT2D eigenvalue weighted by atomic mass is 32.2. The zero-order valence-electron chi connectivity index (χ0n) is 19.2. The van der Waals surface area contributed by atoms with Crippen LogP contribution >= 0.6 is 0 Å². The van der Waals surface area contributed by atoms with E-state index in [1.165, 1.54) is 16.6 Å². The number of pyridine rings is 2. The predicted octanol–water partition coefficient (Wildman–Crippen LogP) is 0.722. The first-order valence-electron chi connectivity index (χ1n) is 10.7. The normalized spacial score (nSPS) is 17.6. The van der Waals surface area contributed by atoms with Gasteiger partial charge in [0.2, 0.25) is 21.5 Å². The smallest absolute Gasteiger partial charge is 0.248 e. The standard InChI is InChI=1S/C21H27N9O3S/c1-13-11-30(34(3,32)33)7-6-29(13)12-15-8-17(20-25-14(2)26-21(22)28-20)19(24-9-15)27-16-4-5-18(31)23-10-16/h4-5,8-10,13H,6-7,11-12H2,1-3H3,(H,23,31)(H,24,27)(H2,22,25,26,28)/t13-/m0/s1. The van der Waals surface area contributed by atoms with Gasteiger partial charge in [-0.1, -0.05) is 0 Å². The van der Waals surface area contributed by atoms with Crippen molar-refractivity contribution in [1.82, 2.24) is 34.1 Å². The molecule has 3 aromatic rings. The number of hydrogen-bond donors (Lipinski definition) is 3. The van der Waals surface area contributed by atoms with Crippen molar-refractivity contribution < 1.29 is 8.42 Å². The van der Waals surface area contributed by atoms with E-state index in [0.29, 0.717) is 54.9 Å². The van der Waals surface area contributed by atoms with Crippen molar-refractivity contribution in [3.05, 3.63) is 52.3 Å². The summed E-state index contributed by atoms with van der Waals surface area (Å²) in [5, 5.41) is 3.19. The molecule has 4 rings (SSSR count). The number of sulfonamides is 1. The Morgan fingerprint density at radius 1 is 1.24 bits per heavy atom. The number of hydrogen-bond acceptors (Lipinski definition) is 10. The van der Waals surface area contributed by atoms with Gasteiger partial charge in [0.15, 0.2) is 5.82 Å². The lowest BCUT2D eigenvalue weighted by Gasteiger charge is -2.38. The molecule has 0 saturated carbocycles. The molecule has 0 radical (unpaired) electrons. The van der Waals surface area contributed by atoms with Gasteiger partial charge in [-0.2, -0.15) is 14.3 Å². The third-order valence-electron chi connectivity index (χ3n) is 5.58. The van der Waals surface area contributed by atoms with Gasteiger partial charge in [0, 0.05) is 50.7 Å². The van der Waals surface area contributed by atoms with Gasteiger partial charge < -0.3 is 16.0 Å². The summed E-state index contributed by atoms with van der Waals surface area (Å²) >= 11 is 0. The fourth-order valence-electron chi connectivity index (χ4n) is 3.85. The maximum atomic E-state index is 11.9. The molecule has 12 nitrogen and oxygen atoms in total. The number of nitrogens with two attached hydrogens (primary N) is 1. The second-order valence-corrected chi connectivity index (χ2v) is 10.3. The van der Waals surface area contributed by atoms with Crippen molar-refractivity contribution in [3.8, 4) is 11.4 Å². The SMILES string of the molecule is Cc1nc(N)nc(-c2cc(CN3CCN(S(C)(=O)=O)C[C@@H]3C)cnc2Nc2ccc(=O)[nH]c2)n1. The molecule has 0 spiro atoms. The third kappa shape index (κ3) is 5.55. The second kappa shape index (κ2) is 9.44. The Morgan fingerprint density at radius 2 is 2.03 bits per heavy atom. The lowest BCUT2D eigenvalue weighted by molar-refractivity contribution is 0.122. The maximum Gasteiger partial charge on any atom is 0.248 e. The Kier molecular flexibility index (Phi) is 6.59. The van der Waals surface area contributed by atoms with Crippen LogP contribution in [-0.2, 0) is 16.6 Å². The van der Waals surface area contributed by atoms with Crippen LogP contribution in [0.1, 0.15) is 18.3 Å². The summed E-state index contributed by atoms with van der Waals surface area (Å²) in [5.74, 6) is 1.46. The van der Waals surface area contributed by atoms with E-state index in [9.17, 15) is 13.2 Å². The molecule has 0 amide bonds. The first-order valence-corrected chi connectivity index (χ1v) is 12.6. The molecule has 1 atom stereocenters. The molecule has 1 aliphatic rings. The summed E-state index contributed by atoms with van der Waals surface area (Å²) < 4.78 is 25.3. The van der Waals surface area contributed by atoms with Crippen molar-refractivity contribution in [3.63, 3.8) is 0 Å². The Bertz CT molecular complexity index is 1320. The lowest BCUT2D eigenvalue weighted by Crippen LogP contribution is -2.52. The number of anilines is 3. The van der Waals surface area contributed by atoms with Crippen LogP contribution in [-0.4, -0.2) is 74.5 Å². The largest absolute Gasteiger partial charge is 0.368 e. The van der Waals surface area contributed by atoms with Crippen molar-refractivity contribution in [2.24, 2.45) is 0 Å². The number of nitrogens with one attached hydrogen (secondary N) is 2. The quantitative estimate of drug-likeness (QED) is 0.453. The minimum Gasteiger partial charge on any atom is -0.368 e. The van der Waals surface area contributed by atoms with Gasteiger partial charge in [-0.15, -0.1) is 0 Å². The summed E-state index contributed by atoms with van der Waals surface area (Å²) in [5.41, 5.74) is 7.84. The van der Waals surface area contributed by atoms with Crippen LogP contribution in [0.5, 0.6) is 0 Å². The van der Waals surface area contributed by atoms with Gasteiger partial charge in [-0.3, -0.25) is 9.69 Å². The molecule has 34 heavy (non-hydrogen) atoms. The Hall–Kier alpha value is -3.42. The van der Waals surface area contributed by atoms with Gasteiger partial charge in [0.05, 0.1) is 17.5 Å². The third-order valence-corrected chi connectivity index (χ3v) is 6.85. The van der Waals surface area contributed by atoms with E-state index in [-0.39, 0.29) is 17.5 Å². The molecule has 0 unspecified atom stereocenters. The predicted molar refractivity (Wildman–Crippen MR) is 129 cm³/mol. The molecular weight excluding hydrogens is 458 g/mol. The maximum absolute atomic E-state index is 11.9. The van der Waals surface area contributed by atoms with E-state index < -0.39 is 10.0 Å². The van der Waals surface area contributed by atoms with E-state index in [2.05, 4.69) is 35.1 Å². The van der Waals surface area contributed by atoms with Crippen LogP contribution in [0.25, 0.3) is 11.4 Å². The Balaban J connectivity index is 1.64. The van der Waals surface area contributed by atoms with Crippen LogP contribution in [0, 0.1) is 6.92 Å². The number of nitrogens with zero attached hydrogens (tertiary/aromatic N) is 6. The van der Waals surface area contributed by atoms with Crippen LogP contribution in [0.3, 0.4) is 0 Å². The van der Waals surface area contributed by atoms with Gasteiger partial charge in [0.25, 0.3) is 0 Å². The monoisotopic (exact) mass is 485 g/mol. The van der Waals surface area contributed by atoms with Gasteiger partial charge in [-0.05, 0) is 31.5 Å². The topological polar surface area (TPSA) is 163 Å². The van der Waals surface area contributed by atoms with Crippen molar-refractivity contribution in [1.29, 1.82) is 0 Å². The van der Waals surface area contributed by atoms with E-state index >= 15 is 0 Å². The highest BCUT2D eigenvalue weighted by molar-refractivity contribution is 7.88. The molecular formula is C21H27N9O3S. The minimum atomic E-state index is -3.21. The lowest BCUT2D eigenvalue weighted by atomic mass is 10.1. The molecule has 1 aliphatic heterocycles. The Morgan fingerprint density at radius 3 is 2.68 bits per heavy atom. The summed E-state index contributed by atoms with van der Waals surface area (Å²) in [6.45, 7) is 5.81. The fourth-order valence-corrected chi connectivity index (χ4v) is 4.74. The first kappa shape index (κ1) is 23.7. The molecule has 4 heterocycles. The fraction of sp³-hybridized carbons (Fsp3) is 0.381.